The highest BCUT2D eigenvalue weighted by atomic mass is 16.4. The average Bonchev–Trinajstić information content (AvgIpc) is 2.72. The molecule has 1 aromatic rings. The summed E-state index contributed by atoms with van der Waals surface area (Å²) in [7, 11) is 0. The number of Topliss-reactive ketones (excluding diaryl/α,β-unsaturated/α-hetero) is 1. The molecular weight excluding hydrogens is 306 g/mol. The highest BCUT2D eigenvalue weighted by Crippen LogP contribution is 2.46. The molecule has 5 nitrogen and oxygen atoms in total. The molecule has 1 N–H and O–H groups in total. The van der Waals surface area contributed by atoms with Gasteiger partial charge in [-0.15, -0.1) is 0 Å². The maximum absolute atomic E-state index is 12.8. The van der Waals surface area contributed by atoms with E-state index >= 15 is 0 Å². The van der Waals surface area contributed by atoms with Gasteiger partial charge >= 0.3 is 5.97 Å². The normalized spacial score (nSPS) is 22.8. The number of carbonyl (C=O) groups is 3. The number of allylic oxidation sites excluding steroid dienone is 1. The molecule has 1 amide bonds. The van der Waals surface area contributed by atoms with Crippen LogP contribution in [-0.4, -0.2) is 27.7 Å². The number of carboxylic acids is 1. The second kappa shape index (κ2) is 5.89. The molecule has 126 valence electrons. The maximum Gasteiger partial charge on any atom is 0.304 e. The molecule has 24 heavy (non-hydrogen) atoms. The van der Waals surface area contributed by atoms with Gasteiger partial charge in [-0.1, -0.05) is 44.2 Å². The first kappa shape index (κ1) is 16.4. The van der Waals surface area contributed by atoms with Crippen LogP contribution in [0.1, 0.15) is 38.7 Å². The predicted octanol–water partition coefficient (Wildman–Crippen LogP) is 2.76. The minimum atomic E-state index is -1.06. The molecule has 0 saturated carbocycles. The van der Waals surface area contributed by atoms with E-state index in [0.717, 1.165) is 11.3 Å². The van der Waals surface area contributed by atoms with E-state index in [1.54, 1.807) is 4.90 Å². The summed E-state index contributed by atoms with van der Waals surface area (Å²) < 4.78 is 0. The Morgan fingerprint density at radius 3 is 2.50 bits per heavy atom. The molecule has 1 aromatic carbocycles. The third-order valence-electron chi connectivity index (χ3n) is 4.70. The molecule has 5 heteroatoms. The monoisotopic (exact) mass is 327 g/mol. The van der Waals surface area contributed by atoms with Gasteiger partial charge in [-0.3, -0.25) is 14.4 Å². The molecule has 3 rings (SSSR count). The first-order valence-corrected chi connectivity index (χ1v) is 8.12. The van der Waals surface area contributed by atoms with Crippen LogP contribution < -0.4 is 0 Å². The molecule has 1 unspecified atom stereocenters. The van der Waals surface area contributed by atoms with E-state index in [9.17, 15) is 14.4 Å². The van der Waals surface area contributed by atoms with Crippen LogP contribution >= 0.6 is 0 Å². The number of hydrogen-bond donors (Lipinski definition) is 1. The Morgan fingerprint density at radius 2 is 1.88 bits per heavy atom. The van der Waals surface area contributed by atoms with Crippen molar-refractivity contribution in [2.75, 3.05) is 0 Å². The van der Waals surface area contributed by atoms with Crippen molar-refractivity contribution in [2.24, 2.45) is 11.3 Å². The molecule has 1 aliphatic carbocycles. The summed E-state index contributed by atoms with van der Waals surface area (Å²) in [6.07, 6.45) is 0.645. The van der Waals surface area contributed by atoms with Crippen LogP contribution in [-0.2, 0) is 20.9 Å². The highest BCUT2D eigenvalue weighted by molar-refractivity contribution is 6.07. The fourth-order valence-electron chi connectivity index (χ4n) is 3.69. The lowest BCUT2D eigenvalue weighted by atomic mass is 9.74. The van der Waals surface area contributed by atoms with Crippen molar-refractivity contribution < 1.29 is 19.5 Å². The van der Waals surface area contributed by atoms with E-state index in [1.165, 1.54) is 0 Å². The van der Waals surface area contributed by atoms with Crippen LogP contribution in [0.15, 0.2) is 41.6 Å². The summed E-state index contributed by atoms with van der Waals surface area (Å²) in [5, 5.41) is 9.14. The fraction of sp³-hybridized carbons (Fsp3) is 0.421. The van der Waals surface area contributed by atoms with Crippen molar-refractivity contribution in [2.45, 2.75) is 39.7 Å². The fourth-order valence-corrected chi connectivity index (χ4v) is 3.69. The second-order valence-corrected chi connectivity index (χ2v) is 7.36. The zero-order chi connectivity index (χ0) is 17.5. The van der Waals surface area contributed by atoms with Gasteiger partial charge in [-0.25, -0.2) is 0 Å². The Kier molecular flexibility index (Phi) is 4.03. The number of aliphatic carboxylic acids is 1. The molecule has 0 bridgehead atoms. The third kappa shape index (κ3) is 2.98. The zero-order valence-electron chi connectivity index (χ0n) is 13.9. The molecule has 0 saturated heterocycles. The van der Waals surface area contributed by atoms with Gasteiger partial charge < -0.3 is 10.0 Å². The zero-order valence-corrected chi connectivity index (χ0v) is 13.9. The van der Waals surface area contributed by atoms with Crippen molar-refractivity contribution in [3.63, 3.8) is 0 Å². The number of nitrogens with zero attached hydrogens (tertiary/aromatic N) is 1. The van der Waals surface area contributed by atoms with Crippen molar-refractivity contribution in [1.82, 2.24) is 4.90 Å². The van der Waals surface area contributed by atoms with Gasteiger partial charge in [0, 0.05) is 17.7 Å². The van der Waals surface area contributed by atoms with Crippen LogP contribution in [0.2, 0.25) is 0 Å². The van der Waals surface area contributed by atoms with E-state index in [-0.39, 0.29) is 23.5 Å². The summed E-state index contributed by atoms with van der Waals surface area (Å²) in [5.41, 5.74) is 1.89. The lowest BCUT2D eigenvalue weighted by Gasteiger charge is -2.32. The Balaban J connectivity index is 2.00. The van der Waals surface area contributed by atoms with Gasteiger partial charge in [0.15, 0.2) is 5.78 Å². The lowest BCUT2D eigenvalue weighted by Crippen LogP contribution is -2.31. The number of ketones is 1. The number of carboxylic acid groups (broad SMARTS) is 1. The SMILES string of the molecule is CC1(C)CC(=O)C2=C(C1)N(Cc1ccccc1)C(=O)C2CC(=O)O. The highest BCUT2D eigenvalue weighted by Gasteiger charge is 2.48. The lowest BCUT2D eigenvalue weighted by molar-refractivity contribution is -0.142. The smallest absolute Gasteiger partial charge is 0.304 e. The minimum Gasteiger partial charge on any atom is -0.481 e. The largest absolute Gasteiger partial charge is 0.481 e. The molecule has 2 aliphatic rings. The topological polar surface area (TPSA) is 74.7 Å². The molecule has 0 aromatic heterocycles. The van der Waals surface area contributed by atoms with Gasteiger partial charge in [0.1, 0.15) is 0 Å². The van der Waals surface area contributed by atoms with E-state index in [4.69, 9.17) is 5.11 Å². The van der Waals surface area contributed by atoms with Crippen LogP contribution in [0.5, 0.6) is 0 Å². The quantitative estimate of drug-likeness (QED) is 0.923. The minimum absolute atomic E-state index is 0.0867. The molecule has 0 spiro atoms. The Hall–Kier alpha value is -2.43. The first-order chi connectivity index (χ1) is 11.3. The predicted molar refractivity (Wildman–Crippen MR) is 87.8 cm³/mol. The van der Waals surface area contributed by atoms with Crippen LogP contribution in [0, 0.1) is 11.3 Å². The summed E-state index contributed by atoms with van der Waals surface area (Å²) in [6.45, 7) is 4.38. The summed E-state index contributed by atoms with van der Waals surface area (Å²) in [6, 6.07) is 9.55. The van der Waals surface area contributed by atoms with Crippen LogP contribution in [0.4, 0.5) is 0 Å². The van der Waals surface area contributed by atoms with E-state index in [0.29, 0.717) is 25.0 Å². The molecule has 1 atom stereocenters. The number of benzene rings is 1. The number of hydrogen-bond acceptors (Lipinski definition) is 3. The summed E-state index contributed by atoms with van der Waals surface area (Å²) >= 11 is 0. The Bertz CT molecular complexity index is 733. The van der Waals surface area contributed by atoms with Gasteiger partial charge in [0.25, 0.3) is 0 Å². The van der Waals surface area contributed by atoms with Gasteiger partial charge in [0.05, 0.1) is 18.9 Å². The number of carbonyl (C=O) groups excluding carboxylic acids is 2. The Labute approximate surface area is 141 Å². The molecule has 0 radical (unpaired) electrons. The van der Waals surface area contributed by atoms with Crippen LogP contribution in [0.3, 0.4) is 0 Å². The van der Waals surface area contributed by atoms with E-state index in [1.807, 2.05) is 44.2 Å². The van der Waals surface area contributed by atoms with Crippen molar-refractivity contribution in [3.05, 3.63) is 47.2 Å². The first-order valence-electron chi connectivity index (χ1n) is 8.12. The van der Waals surface area contributed by atoms with Crippen molar-refractivity contribution in [1.29, 1.82) is 0 Å². The standard InChI is InChI=1S/C19H21NO4/c1-19(2)9-14-17(15(21)10-19)13(8-16(22)23)18(24)20(14)11-12-6-4-3-5-7-12/h3-7,13H,8-11H2,1-2H3,(H,22,23). The summed E-state index contributed by atoms with van der Waals surface area (Å²) in [5.74, 6) is -2.25. The summed E-state index contributed by atoms with van der Waals surface area (Å²) in [4.78, 5) is 38.2. The van der Waals surface area contributed by atoms with Gasteiger partial charge in [-0.05, 0) is 17.4 Å². The van der Waals surface area contributed by atoms with Gasteiger partial charge in [0.2, 0.25) is 5.91 Å². The molecule has 1 heterocycles. The maximum atomic E-state index is 12.8. The van der Waals surface area contributed by atoms with Crippen LogP contribution in [0.25, 0.3) is 0 Å². The molecular formula is C19H21NO4. The third-order valence-corrected chi connectivity index (χ3v) is 4.70. The Morgan fingerprint density at radius 1 is 1.21 bits per heavy atom. The average molecular weight is 327 g/mol. The second-order valence-electron chi connectivity index (χ2n) is 7.36. The molecule has 0 fully saturated rings. The van der Waals surface area contributed by atoms with E-state index < -0.39 is 11.9 Å². The number of amides is 1. The number of rotatable bonds is 4. The van der Waals surface area contributed by atoms with Gasteiger partial charge in [-0.2, -0.15) is 0 Å². The van der Waals surface area contributed by atoms with Crippen molar-refractivity contribution in [3.8, 4) is 0 Å². The van der Waals surface area contributed by atoms with Crippen molar-refractivity contribution >= 4 is 17.7 Å². The van der Waals surface area contributed by atoms with E-state index in [2.05, 4.69) is 0 Å². The molecule has 1 aliphatic heterocycles.